The minimum Gasteiger partial charge on any atom is -0.493 e. The number of methoxy groups -OCH3 is 2. The summed E-state index contributed by atoms with van der Waals surface area (Å²) in [6.45, 7) is 3.62. The summed E-state index contributed by atoms with van der Waals surface area (Å²) in [5.41, 5.74) is 8.72. The Kier molecular flexibility index (Phi) is 5.52. The first-order chi connectivity index (χ1) is 12.1. The number of amides is 1. The van der Waals surface area contributed by atoms with Gasteiger partial charge in [-0.2, -0.15) is 0 Å². The van der Waals surface area contributed by atoms with Crippen molar-refractivity contribution in [2.45, 2.75) is 38.5 Å². The van der Waals surface area contributed by atoms with Crippen molar-refractivity contribution in [3.8, 4) is 11.5 Å². The third kappa shape index (κ3) is 3.47. The van der Waals surface area contributed by atoms with E-state index < -0.39 is 0 Å². The van der Waals surface area contributed by atoms with Crippen LogP contribution in [0.1, 0.15) is 43.2 Å². The maximum Gasteiger partial charge on any atom is 0.220 e. The van der Waals surface area contributed by atoms with Crippen LogP contribution in [0.3, 0.4) is 0 Å². The van der Waals surface area contributed by atoms with Crippen LogP contribution >= 0.6 is 0 Å². The second kappa shape index (κ2) is 7.65. The Hall–Kier alpha value is -1.75. The number of ether oxygens (including phenoxy) is 2. The summed E-state index contributed by atoms with van der Waals surface area (Å²) in [5, 5.41) is 3.07. The van der Waals surface area contributed by atoms with Crippen molar-refractivity contribution in [1.82, 2.24) is 5.32 Å². The maximum absolute atomic E-state index is 12.4. The fourth-order valence-corrected chi connectivity index (χ4v) is 4.82. The molecule has 1 aliphatic carbocycles. The normalized spacial score (nSPS) is 29.4. The minimum absolute atomic E-state index is 0.159. The quantitative estimate of drug-likeness (QED) is 0.882. The van der Waals surface area contributed by atoms with E-state index in [-0.39, 0.29) is 11.8 Å². The molecule has 1 aliphatic heterocycles. The summed E-state index contributed by atoms with van der Waals surface area (Å²) < 4.78 is 11.1. The van der Waals surface area contributed by atoms with E-state index in [0.29, 0.717) is 37.3 Å². The molecule has 0 spiro atoms. The molecule has 2 aliphatic rings. The molecule has 1 heterocycles. The van der Waals surface area contributed by atoms with Crippen LogP contribution in [0.25, 0.3) is 0 Å². The van der Waals surface area contributed by atoms with Crippen LogP contribution in [0.5, 0.6) is 11.5 Å². The van der Waals surface area contributed by atoms with E-state index in [0.717, 1.165) is 30.8 Å². The highest BCUT2D eigenvalue weighted by Gasteiger charge is 2.43. The van der Waals surface area contributed by atoms with Crippen molar-refractivity contribution >= 4 is 5.91 Å². The molecular formula is C20H30N2O3. The number of fused-ring (bicyclic) bond motifs is 3. The van der Waals surface area contributed by atoms with E-state index in [1.807, 2.05) is 0 Å². The Labute approximate surface area is 150 Å². The van der Waals surface area contributed by atoms with Crippen molar-refractivity contribution in [2.24, 2.45) is 23.5 Å². The third-order valence-electron chi connectivity index (χ3n) is 6.11. The number of aryl methyl sites for hydroxylation is 1. The van der Waals surface area contributed by atoms with E-state index in [1.165, 1.54) is 11.1 Å². The summed E-state index contributed by atoms with van der Waals surface area (Å²) in [7, 11) is 3.35. The number of carbonyl (C=O) groups is 1. The van der Waals surface area contributed by atoms with E-state index >= 15 is 0 Å². The molecule has 3 N–H and O–H groups in total. The van der Waals surface area contributed by atoms with Gasteiger partial charge in [-0.1, -0.05) is 6.92 Å². The Morgan fingerprint density at radius 3 is 2.64 bits per heavy atom. The van der Waals surface area contributed by atoms with Crippen LogP contribution in [0.15, 0.2) is 12.1 Å². The Morgan fingerprint density at radius 2 is 1.96 bits per heavy atom. The molecule has 25 heavy (non-hydrogen) atoms. The van der Waals surface area contributed by atoms with E-state index in [2.05, 4.69) is 24.4 Å². The Balaban J connectivity index is 2.08. The first kappa shape index (κ1) is 18.1. The molecule has 3 rings (SSSR count). The molecule has 1 aromatic rings. The summed E-state index contributed by atoms with van der Waals surface area (Å²) in [6.07, 6.45) is 3.50. The van der Waals surface area contributed by atoms with Crippen molar-refractivity contribution in [2.75, 3.05) is 27.3 Å². The Morgan fingerprint density at radius 1 is 1.24 bits per heavy atom. The number of nitrogens with two attached hydrogens (primary N) is 1. The van der Waals surface area contributed by atoms with Gasteiger partial charge in [0.1, 0.15) is 0 Å². The molecule has 5 nitrogen and oxygen atoms in total. The maximum atomic E-state index is 12.4. The van der Waals surface area contributed by atoms with Crippen molar-refractivity contribution in [1.29, 1.82) is 0 Å². The first-order valence-electron chi connectivity index (χ1n) is 9.30. The SMILES string of the molecule is COc1cc2c(cc1OC)[C@H]1C[C@H](C)[C@@H](CN)[C@@H]1CC(=O)NCCC2. The average Bonchev–Trinajstić information content (AvgIpc) is 2.92. The average molecular weight is 346 g/mol. The topological polar surface area (TPSA) is 73.6 Å². The van der Waals surface area contributed by atoms with E-state index in [1.54, 1.807) is 14.2 Å². The molecule has 5 heteroatoms. The number of carbonyl (C=O) groups excluding carboxylic acids is 1. The molecule has 0 bridgehead atoms. The van der Waals surface area contributed by atoms with Gasteiger partial charge in [0.25, 0.3) is 0 Å². The fourth-order valence-electron chi connectivity index (χ4n) is 4.82. The molecule has 0 aromatic heterocycles. The number of nitrogens with one attached hydrogen (secondary N) is 1. The third-order valence-corrected chi connectivity index (χ3v) is 6.11. The zero-order valence-corrected chi connectivity index (χ0v) is 15.5. The van der Waals surface area contributed by atoms with Gasteiger partial charge in [-0.15, -0.1) is 0 Å². The monoisotopic (exact) mass is 346 g/mol. The zero-order valence-electron chi connectivity index (χ0n) is 15.5. The second-order valence-electron chi connectivity index (χ2n) is 7.45. The standard InChI is InChI=1S/C20H30N2O3/c1-12-7-15-14-9-19(25-3)18(24-2)8-13(14)5-4-6-22-20(23)10-16(15)17(12)11-21/h8-9,12,15-17H,4-7,10-11,21H2,1-3H3,(H,22,23)/t12-,15+,16+,17+/m0/s1. The first-order valence-corrected chi connectivity index (χ1v) is 9.30. The lowest BCUT2D eigenvalue weighted by atomic mass is 9.79. The molecule has 1 fully saturated rings. The molecule has 138 valence electrons. The molecule has 0 unspecified atom stereocenters. The number of rotatable bonds is 3. The molecule has 1 amide bonds. The van der Waals surface area contributed by atoms with Crippen LogP contribution in [-0.4, -0.2) is 33.2 Å². The smallest absolute Gasteiger partial charge is 0.220 e. The molecular weight excluding hydrogens is 316 g/mol. The molecule has 4 atom stereocenters. The summed E-state index contributed by atoms with van der Waals surface area (Å²) in [4.78, 5) is 12.4. The predicted octanol–water partition coefficient (Wildman–Crippen LogP) is 2.47. The van der Waals surface area contributed by atoms with Crippen LogP contribution in [0.4, 0.5) is 0 Å². The highest BCUT2D eigenvalue weighted by molar-refractivity contribution is 5.76. The molecule has 0 saturated heterocycles. The number of benzene rings is 1. The van der Waals surface area contributed by atoms with Gasteiger partial charge < -0.3 is 20.5 Å². The van der Waals surface area contributed by atoms with Gasteiger partial charge in [0.05, 0.1) is 14.2 Å². The Bertz CT molecular complexity index is 632. The van der Waals surface area contributed by atoms with E-state index in [9.17, 15) is 4.79 Å². The van der Waals surface area contributed by atoms with Gasteiger partial charge in [-0.05, 0) is 72.7 Å². The molecule has 0 radical (unpaired) electrons. The van der Waals surface area contributed by atoms with E-state index in [4.69, 9.17) is 15.2 Å². The van der Waals surface area contributed by atoms with Crippen molar-refractivity contribution < 1.29 is 14.3 Å². The van der Waals surface area contributed by atoms with Gasteiger partial charge >= 0.3 is 0 Å². The largest absolute Gasteiger partial charge is 0.493 e. The summed E-state index contributed by atoms with van der Waals surface area (Å²) >= 11 is 0. The highest BCUT2D eigenvalue weighted by Crippen LogP contribution is 2.50. The van der Waals surface area contributed by atoms with Crippen LogP contribution in [0.2, 0.25) is 0 Å². The lowest BCUT2D eigenvalue weighted by Crippen LogP contribution is -2.33. The lowest BCUT2D eigenvalue weighted by Gasteiger charge is -2.28. The van der Waals surface area contributed by atoms with Gasteiger partial charge in [-0.3, -0.25) is 4.79 Å². The van der Waals surface area contributed by atoms with Gasteiger partial charge in [0.2, 0.25) is 5.91 Å². The van der Waals surface area contributed by atoms with Gasteiger partial charge in [0.15, 0.2) is 11.5 Å². The highest BCUT2D eigenvalue weighted by atomic mass is 16.5. The van der Waals surface area contributed by atoms with Gasteiger partial charge in [-0.25, -0.2) is 0 Å². The number of hydrogen-bond acceptors (Lipinski definition) is 4. The van der Waals surface area contributed by atoms with Crippen LogP contribution in [0, 0.1) is 17.8 Å². The fraction of sp³-hybridized carbons (Fsp3) is 0.650. The minimum atomic E-state index is 0.159. The summed E-state index contributed by atoms with van der Waals surface area (Å²) in [6, 6.07) is 4.26. The number of hydrogen-bond donors (Lipinski definition) is 2. The van der Waals surface area contributed by atoms with Crippen molar-refractivity contribution in [3.05, 3.63) is 23.3 Å². The van der Waals surface area contributed by atoms with Crippen molar-refractivity contribution in [3.63, 3.8) is 0 Å². The van der Waals surface area contributed by atoms with Gasteiger partial charge in [0, 0.05) is 13.0 Å². The van der Waals surface area contributed by atoms with Crippen LogP contribution in [-0.2, 0) is 11.2 Å². The molecule has 1 aromatic carbocycles. The zero-order chi connectivity index (χ0) is 18.0. The molecule has 1 saturated carbocycles. The van der Waals surface area contributed by atoms with Crippen LogP contribution < -0.4 is 20.5 Å². The summed E-state index contributed by atoms with van der Waals surface area (Å²) in [5.74, 6) is 3.25. The lowest BCUT2D eigenvalue weighted by molar-refractivity contribution is -0.122. The second-order valence-corrected chi connectivity index (χ2v) is 7.45. The predicted molar refractivity (Wildman–Crippen MR) is 98.1 cm³/mol.